The van der Waals surface area contributed by atoms with Gasteiger partial charge in [-0.05, 0) is 51.2 Å². The van der Waals surface area contributed by atoms with Gasteiger partial charge < -0.3 is 30.3 Å². The highest BCUT2D eigenvalue weighted by molar-refractivity contribution is 7.09. The van der Waals surface area contributed by atoms with E-state index in [1.54, 1.807) is 19.9 Å². The van der Waals surface area contributed by atoms with Crippen molar-refractivity contribution in [3.63, 3.8) is 0 Å². The van der Waals surface area contributed by atoms with Crippen LogP contribution in [0.1, 0.15) is 84.3 Å². The lowest BCUT2D eigenvalue weighted by molar-refractivity contribution is -0.194. The van der Waals surface area contributed by atoms with Crippen molar-refractivity contribution in [3.8, 4) is 0 Å². The van der Waals surface area contributed by atoms with Gasteiger partial charge in [-0.3, -0.25) is 4.79 Å². The van der Waals surface area contributed by atoms with Gasteiger partial charge >= 0.3 is 5.97 Å². The fourth-order valence-corrected chi connectivity index (χ4v) is 5.55. The Hall–Kier alpha value is -1.36. The predicted octanol–water partition coefficient (Wildman–Crippen LogP) is 3.22. The van der Waals surface area contributed by atoms with Crippen LogP contribution in [0.5, 0.6) is 0 Å². The van der Waals surface area contributed by atoms with Crippen LogP contribution in [0.25, 0.3) is 6.08 Å². The minimum Gasteiger partial charge on any atom is -0.461 e. The third-order valence-electron chi connectivity index (χ3n) is 7.85. The third-order valence-corrected chi connectivity index (χ3v) is 8.65. The molecule has 206 valence electrons. The van der Waals surface area contributed by atoms with Crippen molar-refractivity contribution < 1.29 is 35.1 Å². The van der Waals surface area contributed by atoms with E-state index in [1.807, 2.05) is 40.0 Å². The summed E-state index contributed by atoms with van der Waals surface area (Å²) in [6.07, 6.45) is -1.09. The van der Waals surface area contributed by atoms with Crippen molar-refractivity contribution in [1.82, 2.24) is 4.98 Å². The third kappa shape index (κ3) is 7.82. The number of nitrogens with zero attached hydrogens (tertiary/aromatic N) is 1. The van der Waals surface area contributed by atoms with Crippen LogP contribution in [0.4, 0.5) is 0 Å². The lowest BCUT2D eigenvalue weighted by Crippen LogP contribution is -2.54. The Morgan fingerprint density at radius 2 is 1.97 bits per heavy atom. The normalized spacial score (nSPS) is 26.4. The monoisotopic (exact) mass is 527 g/mol. The Morgan fingerprint density at radius 3 is 2.56 bits per heavy atom. The van der Waals surface area contributed by atoms with E-state index < -0.39 is 47.5 Å². The van der Waals surface area contributed by atoms with Crippen molar-refractivity contribution in [2.24, 2.45) is 17.3 Å². The molecule has 0 saturated carbocycles. The van der Waals surface area contributed by atoms with Crippen LogP contribution >= 0.6 is 11.3 Å². The minimum atomic E-state index is -1.40. The van der Waals surface area contributed by atoms with Gasteiger partial charge in [-0.1, -0.05) is 34.1 Å². The van der Waals surface area contributed by atoms with Gasteiger partial charge in [0, 0.05) is 23.1 Å². The molecule has 0 amide bonds. The molecule has 0 radical (unpaired) electrons. The Kier molecular flexibility index (Phi) is 10.7. The first-order valence-electron chi connectivity index (χ1n) is 12.8. The van der Waals surface area contributed by atoms with E-state index in [9.17, 15) is 30.3 Å². The van der Waals surface area contributed by atoms with Crippen LogP contribution in [0.3, 0.4) is 0 Å². The number of rotatable bonds is 12. The van der Waals surface area contributed by atoms with Gasteiger partial charge in [0.25, 0.3) is 0 Å². The molecule has 3 unspecified atom stereocenters. The fraction of sp³-hybridized carbons (Fsp3) is 0.778. The van der Waals surface area contributed by atoms with Crippen LogP contribution in [0.15, 0.2) is 11.0 Å². The minimum absolute atomic E-state index is 0.00186. The van der Waals surface area contributed by atoms with Crippen molar-refractivity contribution in [3.05, 3.63) is 21.7 Å². The van der Waals surface area contributed by atoms with Gasteiger partial charge in [-0.25, -0.2) is 4.98 Å². The van der Waals surface area contributed by atoms with Crippen LogP contribution < -0.4 is 0 Å². The molecule has 2 rings (SSSR count). The Morgan fingerprint density at radius 1 is 1.33 bits per heavy atom. The molecular weight excluding hydrogens is 482 g/mol. The maximum atomic E-state index is 11.9. The number of cyclic esters (lactones) is 1. The Balaban J connectivity index is 1.87. The zero-order valence-electron chi connectivity index (χ0n) is 22.6. The fourth-order valence-electron chi connectivity index (χ4n) is 4.98. The number of aryl methyl sites for hydroxylation is 1. The predicted molar refractivity (Wildman–Crippen MR) is 140 cm³/mol. The lowest BCUT2D eigenvalue weighted by atomic mass is 9.70. The number of esters is 1. The largest absolute Gasteiger partial charge is 0.461 e. The van der Waals surface area contributed by atoms with Crippen molar-refractivity contribution in [1.29, 1.82) is 0 Å². The molecule has 9 heteroatoms. The van der Waals surface area contributed by atoms with Crippen LogP contribution in [0, 0.1) is 24.2 Å². The molecule has 0 spiro atoms. The number of hydrogen-bond donors (Lipinski definition) is 5. The van der Waals surface area contributed by atoms with E-state index in [1.165, 1.54) is 11.3 Å². The average Bonchev–Trinajstić information content (AvgIpc) is 3.19. The number of carbonyl (C=O) groups excluding carboxylic acids is 1. The van der Waals surface area contributed by atoms with Crippen molar-refractivity contribution >= 4 is 23.4 Å². The van der Waals surface area contributed by atoms with Crippen molar-refractivity contribution in [2.75, 3.05) is 0 Å². The molecular formula is C27H45NO7S. The smallest absolute Gasteiger partial charge is 0.308 e. The molecule has 5 N–H and O–H groups in total. The topological polar surface area (TPSA) is 140 Å². The first-order valence-corrected chi connectivity index (χ1v) is 13.7. The zero-order chi connectivity index (χ0) is 27.4. The summed E-state index contributed by atoms with van der Waals surface area (Å²) in [4.78, 5) is 16.2. The molecule has 8 atom stereocenters. The quantitative estimate of drug-likeness (QED) is 0.261. The molecule has 1 aliphatic heterocycles. The molecule has 1 aromatic rings. The van der Waals surface area contributed by atoms with Crippen LogP contribution in [-0.4, -0.2) is 72.6 Å². The second kappa shape index (κ2) is 12.5. The lowest BCUT2D eigenvalue weighted by Gasteiger charge is -2.45. The van der Waals surface area contributed by atoms with Gasteiger partial charge in [0.1, 0.15) is 6.10 Å². The molecule has 1 fully saturated rings. The van der Waals surface area contributed by atoms with Gasteiger partial charge in [0.15, 0.2) is 0 Å². The highest BCUT2D eigenvalue weighted by Gasteiger charge is 2.48. The van der Waals surface area contributed by atoms with Gasteiger partial charge in [0.05, 0.1) is 47.1 Å². The van der Waals surface area contributed by atoms with E-state index in [-0.39, 0.29) is 24.7 Å². The Labute approximate surface area is 219 Å². The number of ether oxygens (including phenoxy) is 1. The number of thiazole rings is 1. The number of aliphatic hydroxyl groups is 5. The summed E-state index contributed by atoms with van der Waals surface area (Å²) >= 11 is 1.52. The molecule has 1 aromatic heterocycles. The maximum Gasteiger partial charge on any atom is 0.308 e. The molecule has 1 saturated heterocycles. The molecule has 8 nitrogen and oxygen atoms in total. The van der Waals surface area contributed by atoms with Gasteiger partial charge in [0.2, 0.25) is 0 Å². The number of hydrogen-bond acceptors (Lipinski definition) is 9. The SMILES string of the molecule is C/C(=C\c1csc(C)n1)[C@@H](O)CC(O)C(C)(O)CCC[C@H](C)[C@H](O)[C@@H](C)C1OC(=O)C[C@H](O)C1(C)C. The zero-order valence-corrected chi connectivity index (χ0v) is 23.5. The van der Waals surface area contributed by atoms with E-state index >= 15 is 0 Å². The molecule has 36 heavy (non-hydrogen) atoms. The summed E-state index contributed by atoms with van der Waals surface area (Å²) < 4.78 is 5.53. The first-order chi connectivity index (χ1) is 16.6. The van der Waals surface area contributed by atoms with Crippen molar-refractivity contribution in [2.45, 2.75) is 117 Å². The summed E-state index contributed by atoms with van der Waals surface area (Å²) in [5.74, 6) is -0.997. The van der Waals surface area contributed by atoms with E-state index in [0.717, 1.165) is 10.7 Å². The standard InChI is InChI=1S/C27H45NO7S/c1-15(24(33)17(3)25-26(5,6)21(30)13-23(32)35-25)9-8-10-27(7,34)22(31)12-20(29)16(2)11-19-14-36-18(4)28-19/h11,14-15,17,20-22,24-25,29-31,33-34H,8-10,12-13H2,1-7H3/b16-11+/t15-,17+,20-,21-,22?,24-,25?,27?/m0/s1. The Bertz CT molecular complexity index is 896. The highest BCUT2D eigenvalue weighted by atomic mass is 32.1. The highest BCUT2D eigenvalue weighted by Crippen LogP contribution is 2.40. The molecule has 0 aromatic carbocycles. The average molecular weight is 528 g/mol. The number of aliphatic hydroxyl groups excluding tert-OH is 4. The first kappa shape index (κ1) is 30.9. The van der Waals surface area contributed by atoms with Gasteiger partial charge in [-0.2, -0.15) is 0 Å². The van der Waals surface area contributed by atoms with Crippen LogP contribution in [0.2, 0.25) is 0 Å². The summed E-state index contributed by atoms with van der Waals surface area (Å²) in [5.41, 5.74) is -0.650. The molecule has 1 aliphatic rings. The second-order valence-corrected chi connectivity index (χ2v) is 12.5. The maximum absolute atomic E-state index is 11.9. The molecule has 0 bridgehead atoms. The summed E-state index contributed by atoms with van der Waals surface area (Å²) in [5, 5.41) is 56.1. The van der Waals surface area contributed by atoms with Crippen LogP contribution in [-0.2, 0) is 9.53 Å². The van der Waals surface area contributed by atoms with E-state index in [0.29, 0.717) is 24.8 Å². The second-order valence-electron chi connectivity index (χ2n) is 11.5. The summed E-state index contributed by atoms with van der Waals surface area (Å²) in [7, 11) is 0. The van der Waals surface area contributed by atoms with Gasteiger partial charge in [-0.15, -0.1) is 11.3 Å². The summed E-state index contributed by atoms with van der Waals surface area (Å²) in [6.45, 7) is 12.6. The molecule has 2 heterocycles. The van der Waals surface area contributed by atoms with E-state index in [4.69, 9.17) is 4.74 Å². The summed E-state index contributed by atoms with van der Waals surface area (Å²) in [6, 6.07) is 0. The number of carbonyl (C=O) groups is 1. The molecule has 0 aliphatic carbocycles. The number of aromatic nitrogens is 1. The van der Waals surface area contributed by atoms with E-state index in [2.05, 4.69) is 4.98 Å².